The van der Waals surface area contributed by atoms with E-state index in [0.717, 1.165) is 26.1 Å². The first kappa shape index (κ1) is 17.2. The second-order valence-corrected chi connectivity index (χ2v) is 8.77. The minimum absolute atomic E-state index is 0.119. The van der Waals surface area contributed by atoms with Crippen LogP contribution >= 0.6 is 0 Å². The SMILES string of the molecule is CC1(C)CN(CCOc2cccc(S(C)(=O)=O)c2)CCC1N. The van der Waals surface area contributed by atoms with Crippen LogP contribution in [0.15, 0.2) is 29.2 Å². The Morgan fingerprint density at radius 3 is 2.77 bits per heavy atom. The Kier molecular flexibility index (Phi) is 5.14. The second kappa shape index (κ2) is 6.56. The summed E-state index contributed by atoms with van der Waals surface area (Å²) in [5.74, 6) is 0.593. The van der Waals surface area contributed by atoms with Crippen molar-refractivity contribution < 1.29 is 13.2 Å². The van der Waals surface area contributed by atoms with Crippen molar-refractivity contribution in [1.29, 1.82) is 0 Å². The number of sulfone groups is 1. The van der Waals surface area contributed by atoms with Crippen LogP contribution in [0.2, 0.25) is 0 Å². The fourth-order valence-electron chi connectivity index (χ4n) is 2.76. The second-order valence-electron chi connectivity index (χ2n) is 6.76. The van der Waals surface area contributed by atoms with E-state index in [-0.39, 0.29) is 16.4 Å². The zero-order valence-corrected chi connectivity index (χ0v) is 14.4. The number of ether oxygens (including phenoxy) is 1. The van der Waals surface area contributed by atoms with E-state index in [1.165, 1.54) is 6.26 Å². The van der Waals surface area contributed by atoms with Crippen LogP contribution in [-0.2, 0) is 9.84 Å². The Bertz CT molecular complexity index is 614. The molecule has 0 spiro atoms. The van der Waals surface area contributed by atoms with Crippen molar-refractivity contribution in [2.75, 3.05) is 32.5 Å². The van der Waals surface area contributed by atoms with Crippen LogP contribution in [0.3, 0.4) is 0 Å². The topological polar surface area (TPSA) is 72.6 Å². The standard InChI is InChI=1S/C16H26N2O3S/c1-16(2)12-18(8-7-15(16)17)9-10-21-13-5-4-6-14(11-13)22(3,19)20/h4-6,11,15H,7-10,12,17H2,1-3H3. The molecule has 0 saturated carbocycles. The molecule has 0 radical (unpaired) electrons. The molecule has 0 bridgehead atoms. The van der Waals surface area contributed by atoms with Gasteiger partial charge in [0.25, 0.3) is 0 Å². The number of nitrogens with zero attached hydrogens (tertiary/aromatic N) is 1. The number of benzene rings is 1. The summed E-state index contributed by atoms with van der Waals surface area (Å²) in [5.41, 5.74) is 6.26. The number of likely N-dealkylation sites (tertiary alicyclic amines) is 1. The van der Waals surface area contributed by atoms with Gasteiger partial charge in [-0.05, 0) is 36.6 Å². The number of rotatable bonds is 5. The molecule has 1 saturated heterocycles. The molecule has 1 aromatic rings. The number of nitrogens with two attached hydrogens (primary N) is 1. The molecule has 1 heterocycles. The van der Waals surface area contributed by atoms with Gasteiger partial charge in [0.2, 0.25) is 0 Å². The molecule has 5 nitrogen and oxygen atoms in total. The minimum Gasteiger partial charge on any atom is -0.492 e. The summed E-state index contributed by atoms with van der Waals surface area (Å²) in [6.07, 6.45) is 2.20. The summed E-state index contributed by atoms with van der Waals surface area (Å²) in [5, 5.41) is 0. The molecule has 2 rings (SSSR count). The smallest absolute Gasteiger partial charge is 0.175 e. The van der Waals surface area contributed by atoms with Gasteiger partial charge >= 0.3 is 0 Å². The van der Waals surface area contributed by atoms with Crippen molar-refractivity contribution in [2.45, 2.75) is 31.2 Å². The van der Waals surface area contributed by atoms with Gasteiger partial charge in [0.05, 0.1) is 4.90 Å². The van der Waals surface area contributed by atoms with E-state index in [1.54, 1.807) is 24.3 Å². The number of hydrogen-bond donors (Lipinski definition) is 1. The summed E-state index contributed by atoms with van der Waals surface area (Å²) >= 11 is 0. The van der Waals surface area contributed by atoms with Gasteiger partial charge in [0, 0.05) is 25.4 Å². The molecule has 6 heteroatoms. The molecule has 0 amide bonds. The predicted octanol–water partition coefficient (Wildman–Crippen LogP) is 1.53. The molecule has 1 aliphatic rings. The van der Waals surface area contributed by atoms with Crippen LogP contribution in [0, 0.1) is 5.41 Å². The molecular formula is C16H26N2O3S. The lowest BCUT2D eigenvalue weighted by atomic mass is 9.80. The van der Waals surface area contributed by atoms with Crippen molar-refractivity contribution in [3.05, 3.63) is 24.3 Å². The summed E-state index contributed by atoms with van der Waals surface area (Å²) in [6, 6.07) is 6.89. The predicted molar refractivity (Wildman–Crippen MR) is 87.9 cm³/mol. The van der Waals surface area contributed by atoms with E-state index in [9.17, 15) is 8.42 Å². The van der Waals surface area contributed by atoms with Gasteiger partial charge in [-0.3, -0.25) is 4.90 Å². The van der Waals surface area contributed by atoms with Gasteiger partial charge in [-0.2, -0.15) is 0 Å². The van der Waals surface area contributed by atoms with Crippen LogP contribution in [0.5, 0.6) is 5.75 Å². The molecule has 124 valence electrons. The minimum atomic E-state index is -3.20. The fourth-order valence-corrected chi connectivity index (χ4v) is 3.42. The van der Waals surface area contributed by atoms with Crippen LogP contribution < -0.4 is 10.5 Å². The maximum atomic E-state index is 11.5. The summed E-state index contributed by atoms with van der Waals surface area (Å²) in [6.45, 7) is 7.69. The monoisotopic (exact) mass is 326 g/mol. The lowest BCUT2D eigenvalue weighted by Crippen LogP contribution is -2.53. The normalized spacial score (nSPS) is 22.5. The van der Waals surface area contributed by atoms with Crippen molar-refractivity contribution in [1.82, 2.24) is 4.90 Å². The van der Waals surface area contributed by atoms with Gasteiger partial charge in [0.15, 0.2) is 9.84 Å². The molecule has 1 unspecified atom stereocenters. The van der Waals surface area contributed by atoms with Crippen molar-refractivity contribution >= 4 is 9.84 Å². The first-order valence-electron chi connectivity index (χ1n) is 7.59. The lowest BCUT2D eigenvalue weighted by molar-refractivity contribution is 0.0831. The Labute approximate surface area is 133 Å². The van der Waals surface area contributed by atoms with E-state index in [1.807, 2.05) is 0 Å². The first-order valence-corrected chi connectivity index (χ1v) is 9.48. The summed E-state index contributed by atoms with van der Waals surface area (Å²) in [4.78, 5) is 2.64. The molecule has 1 fully saturated rings. The highest BCUT2D eigenvalue weighted by Crippen LogP contribution is 2.27. The highest BCUT2D eigenvalue weighted by molar-refractivity contribution is 7.90. The van der Waals surface area contributed by atoms with Crippen LogP contribution in [-0.4, -0.2) is 51.9 Å². The number of hydrogen-bond acceptors (Lipinski definition) is 5. The molecule has 0 aliphatic carbocycles. The Morgan fingerprint density at radius 2 is 2.14 bits per heavy atom. The Morgan fingerprint density at radius 1 is 1.41 bits per heavy atom. The van der Waals surface area contributed by atoms with E-state index in [0.29, 0.717) is 12.4 Å². The van der Waals surface area contributed by atoms with Gasteiger partial charge in [-0.1, -0.05) is 19.9 Å². The Hall–Kier alpha value is -1.11. The van der Waals surface area contributed by atoms with E-state index in [2.05, 4.69) is 18.7 Å². The molecular weight excluding hydrogens is 300 g/mol. The lowest BCUT2D eigenvalue weighted by Gasteiger charge is -2.42. The van der Waals surface area contributed by atoms with Crippen molar-refractivity contribution in [2.24, 2.45) is 11.1 Å². The van der Waals surface area contributed by atoms with Gasteiger partial charge in [0.1, 0.15) is 12.4 Å². The zero-order valence-electron chi connectivity index (χ0n) is 13.6. The van der Waals surface area contributed by atoms with Gasteiger partial charge in [-0.25, -0.2) is 8.42 Å². The maximum Gasteiger partial charge on any atom is 0.175 e. The molecule has 1 aromatic carbocycles. The quantitative estimate of drug-likeness (QED) is 0.888. The van der Waals surface area contributed by atoms with Crippen LogP contribution in [0.25, 0.3) is 0 Å². The highest BCUT2D eigenvalue weighted by atomic mass is 32.2. The summed E-state index contributed by atoms with van der Waals surface area (Å²) in [7, 11) is -3.20. The van der Waals surface area contributed by atoms with E-state index < -0.39 is 9.84 Å². The average Bonchev–Trinajstić information content (AvgIpc) is 2.42. The fraction of sp³-hybridized carbons (Fsp3) is 0.625. The van der Waals surface area contributed by atoms with Crippen molar-refractivity contribution in [3.8, 4) is 5.75 Å². The van der Waals surface area contributed by atoms with Crippen LogP contribution in [0.4, 0.5) is 0 Å². The zero-order chi connectivity index (χ0) is 16.4. The molecule has 1 aliphatic heterocycles. The highest BCUT2D eigenvalue weighted by Gasteiger charge is 2.33. The van der Waals surface area contributed by atoms with Gasteiger partial charge < -0.3 is 10.5 Å². The van der Waals surface area contributed by atoms with Gasteiger partial charge in [-0.15, -0.1) is 0 Å². The molecule has 22 heavy (non-hydrogen) atoms. The third-order valence-corrected chi connectivity index (χ3v) is 5.41. The van der Waals surface area contributed by atoms with E-state index >= 15 is 0 Å². The third kappa shape index (κ3) is 4.44. The average molecular weight is 326 g/mol. The Balaban J connectivity index is 1.87. The van der Waals surface area contributed by atoms with Crippen molar-refractivity contribution in [3.63, 3.8) is 0 Å². The molecule has 2 N–H and O–H groups in total. The first-order chi connectivity index (χ1) is 10.2. The molecule has 1 atom stereocenters. The maximum absolute atomic E-state index is 11.5. The largest absolute Gasteiger partial charge is 0.492 e. The molecule has 0 aromatic heterocycles. The summed E-state index contributed by atoms with van der Waals surface area (Å²) < 4.78 is 28.8. The van der Waals surface area contributed by atoms with Crippen LogP contribution in [0.1, 0.15) is 20.3 Å². The number of piperidine rings is 1. The van der Waals surface area contributed by atoms with E-state index in [4.69, 9.17) is 10.5 Å². The third-order valence-electron chi connectivity index (χ3n) is 4.30.